The number of nitrogens with one attached hydrogen (secondary N) is 1. The predicted molar refractivity (Wildman–Crippen MR) is 103 cm³/mol. The zero-order valence-corrected chi connectivity index (χ0v) is 16.0. The van der Waals surface area contributed by atoms with Crippen molar-refractivity contribution >= 4 is 11.8 Å². The molecular formula is C21H31N3O2. The molecule has 0 aromatic heterocycles. The second kappa shape index (κ2) is 8.21. The van der Waals surface area contributed by atoms with E-state index in [2.05, 4.69) is 5.32 Å². The zero-order chi connectivity index (χ0) is 18.6. The molecule has 1 unspecified atom stereocenters. The van der Waals surface area contributed by atoms with Gasteiger partial charge in [0.05, 0.1) is 5.41 Å². The first-order chi connectivity index (χ1) is 12.5. The fourth-order valence-electron chi connectivity index (χ4n) is 4.36. The van der Waals surface area contributed by atoms with Crippen molar-refractivity contribution < 1.29 is 9.59 Å². The Hall–Kier alpha value is -1.88. The molecule has 2 aliphatic heterocycles. The van der Waals surface area contributed by atoms with Gasteiger partial charge in [-0.25, -0.2) is 0 Å². The first-order valence-electron chi connectivity index (χ1n) is 9.82. The average molecular weight is 357 g/mol. The first kappa shape index (κ1) is 18.9. The average Bonchev–Trinajstić information content (AvgIpc) is 2.68. The molecule has 1 N–H and O–H groups in total. The smallest absolute Gasteiger partial charge is 0.253 e. The van der Waals surface area contributed by atoms with E-state index in [1.54, 1.807) is 0 Å². The number of carbonyl (C=O) groups is 2. The molecule has 2 fully saturated rings. The van der Waals surface area contributed by atoms with E-state index in [1.807, 2.05) is 54.1 Å². The second-order valence-electron chi connectivity index (χ2n) is 8.05. The van der Waals surface area contributed by atoms with Crippen LogP contribution in [0.3, 0.4) is 0 Å². The van der Waals surface area contributed by atoms with Gasteiger partial charge in [0.15, 0.2) is 0 Å². The van der Waals surface area contributed by atoms with Crippen LogP contribution in [-0.2, 0) is 4.79 Å². The summed E-state index contributed by atoms with van der Waals surface area (Å²) >= 11 is 0. The summed E-state index contributed by atoms with van der Waals surface area (Å²) in [6.07, 6.45) is 3.88. The quantitative estimate of drug-likeness (QED) is 0.900. The minimum atomic E-state index is -0.460. The Morgan fingerprint density at radius 3 is 2.46 bits per heavy atom. The summed E-state index contributed by atoms with van der Waals surface area (Å²) in [6.45, 7) is 6.01. The van der Waals surface area contributed by atoms with E-state index in [-0.39, 0.29) is 11.8 Å². The van der Waals surface area contributed by atoms with E-state index in [9.17, 15) is 9.59 Å². The highest BCUT2D eigenvalue weighted by atomic mass is 16.2. The zero-order valence-electron chi connectivity index (χ0n) is 16.0. The third-order valence-electron chi connectivity index (χ3n) is 5.92. The molecule has 1 atom stereocenters. The third kappa shape index (κ3) is 4.09. The minimum Gasteiger partial charge on any atom is -0.342 e. The monoisotopic (exact) mass is 357 g/mol. The van der Waals surface area contributed by atoms with Gasteiger partial charge in [-0.3, -0.25) is 9.59 Å². The van der Waals surface area contributed by atoms with Gasteiger partial charge in [-0.2, -0.15) is 0 Å². The van der Waals surface area contributed by atoms with Gasteiger partial charge in [0, 0.05) is 31.7 Å². The lowest BCUT2D eigenvalue weighted by atomic mass is 9.79. The normalized spacial score (nSPS) is 24.5. The van der Waals surface area contributed by atoms with Gasteiger partial charge in [0.2, 0.25) is 5.91 Å². The van der Waals surface area contributed by atoms with Crippen LogP contribution in [-0.4, -0.2) is 61.4 Å². The van der Waals surface area contributed by atoms with Gasteiger partial charge in [-0.15, -0.1) is 0 Å². The van der Waals surface area contributed by atoms with Crippen LogP contribution in [0.2, 0.25) is 0 Å². The topological polar surface area (TPSA) is 52.7 Å². The van der Waals surface area contributed by atoms with Crippen LogP contribution in [0.1, 0.15) is 43.0 Å². The van der Waals surface area contributed by atoms with Gasteiger partial charge in [-0.05, 0) is 64.3 Å². The lowest BCUT2D eigenvalue weighted by Crippen LogP contribution is -2.54. The van der Waals surface area contributed by atoms with Crippen molar-refractivity contribution in [2.24, 2.45) is 11.3 Å². The summed E-state index contributed by atoms with van der Waals surface area (Å²) in [4.78, 5) is 29.9. The number of amides is 2. The van der Waals surface area contributed by atoms with E-state index in [4.69, 9.17) is 0 Å². The van der Waals surface area contributed by atoms with E-state index in [0.717, 1.165) is 51.9 Å². The fraction of sp³-hybridized carbons (Fsp3) is 0.619. The van der Waals surface area contributed by atoms with Crippen LogP contribution in [0.5, 0.6) is 0 Å². The second-order valence-corrected chi connectivity index (χ2v) is 8.05. The molecule has 2 saturated heterocycles. The molecule has 5 nitrogen and oxygen atoms in total. The van der Waals surface area contributed by atoms with Crippen LogP contribution in [0.15, 0.2) is 30.3 Å². The largest absolute Gasteiger partial charge is 0.342 e. The molecule has 1 aromatic carbocycles. The van der Waals surface area contributed by atoms with Crippen molar-refractivity contribution in [1.29, 1.82) is 0 Å². The van der Waals surface area contributed by atoms with Crippen LogP contribution < -0.4 is 5.32 Å². The summed E-state index contributed by atoms with van der Waals surface area (Å²) in [5, 5.41) is 3.24. The number of piperidine rings is 2. The van der Waals surface area contributed by atoms with E-state index in [1.165, 1.54) is 0 Å². The Balaban J connectivity index is 1.63. The van der Waals surface area contributed by atoms with E-state index in [0.29, 0.717) is 18.0 Å². The highest BCUT2D eigenvalue weighted by Gasteiger charge is 2.42. The number of benzene rings is 1. The Morgan fingerprint density at radius 1 is 1.12 bits per heavy atom. The highest BCUT2D eigenvalue weighted by molar-refractivity contribution is 5.95. The molecule has 5 heteroatoms. The SMILES string of the molecule is CNCC1CCN(C(=O)C2(C)CCCN(C(=O)c3ccccc3)C2)CC1. The lowest BCUT2D eigenvalue weighted by Gasteiger charge is -2.43. The molecule has 0 radical (unpaired) electrons. The maximum atomic E-state index is 13.2. The van der Waals surface area contributed by atoms with Gasteiger partial charge >= 0.3 is 0 Å². The summed E-state index contributed by atoms with van der Waals surface area (Å²) in [5.74, 6) is 0.933. The number of rotatable bonds is 4. The van der Waals surface area contributed by atoms with Crippen molar-refractivity contribution in [3.05, 3.63) is 35.9 Å². The summed E-state index contributed by atoms with van der Waals surface area (Å²) in [7, 11) is 1.99. The van der Waals surface area contributed by atoms with E-state index < -0.39 is 5.41 Å². The summed E-state index contributed by atoms with van der Waals surface area (Å²) in [6, 6.07) is 9.39. The Kier molecular flexibility index (Phi) is 5.97. The highest BCUT2D eigenvalue weighted by Crippen LogP contribution is 2.33. The van der Waals surface area contributed by atoms with Crippen LogP contribution in [0.4, 0.5) is 0 Å². The van der Waals surface area contributed by atoms with Crippen LogP contribution >= 0.6 is 0 Å². The molecule has 1 aromatic rings. The number of likely N-dealkylation sites (tertiary alicyclic amines) is 2. The van der Waals surface area contributed by atoms with Crippen LogP contribution in [0.25, 0.3) is 0 Å². The molecule has 2 heterocycles. The fourth-order valence-corrected chi connectivity index (χ4v) is 4.36. The molecule has 2 amide bonds. The Morgan fingerprint density at radius 2 is 1.81 bits per heavy atom. The molecule has 0 bridgehead atoms. The molecule has 2 aliphatic rings. The predicted octanol–water partition coefficient (Wildman–Crippen LogP) is 2.39. The minimum absolute atomic E-state index is 0.0389. The maximum absolute atomic E-state index is 13.2. The Labute approximate surface area is 156 Å². The molecular weight excluding hydrogens is 326 g/mol. The van der Waals surface area contributed by atoms with Crippen molar-refractivity contribution in [2.45, 2.75) is 32.6 Å². The van der Waals surface area contributed by atoms with Crippen LogP contribution in [0, 0.1) is 11.3 Å². The summed E-state index contributed by atoms with van der Waals surface area (Å²) in [5.41, 5.74) is 0.246. The number of carbonyl (C=O) groups excluding carboxylic acids is 2. The molecule has 26 heavy (non-hydrogen) atoms. The molecule has 142 valence electrons. The van der Waals surface area contributed by atoms with Gasteiger partial charge in [0.1, 0.15) is 0 Å². The third-order valence-corrected chi connectivity index (χ3v) is 5.92. The van der Waals surface area contributed by atoms with Crippen molar-refractivity contribution in [3.8, 4) is 0 Å². The maximum Gasteiger partial charge on any atom is 0.253 e. The standard InChI is InChI=1S/C21H31N3O2/c1-21(20(26)23-13-9-17(10-14-23)15-22-2)11-6-12-24(16-21)19(25)18-7-4-3-5-8-18/h3-5,7-8,17,22H,6,9-16H2,1-2H3. The first-order valence-corrected chi connectivity index (χ1v) is 9.82. The van der Waals surface area contributed by atoms with Gasteiger partial charge < -0.3 is 15.1 Å². The molecule has 0 spiro atoms. The van der Waals surface area contributed by atoms with Gasteiger partial charge in [0.25, 0.3) is 5.91 Å². The summed E-state index contributed by atoms with van der Waals surface area (Å²) < 4.78 is 0. The molecule has 0 saturated carbocycles. The number of hydrogen-bond donors (Lipinski definition) is 1. The number of hydrogen-bond acceptors (Lipinski definition) is 3. The molecule has 0 aliphatic carbocycles. The molecule has 3 rings (SSSR count). The van der Waals surface area contributed by atoms with Crippen molar-refractivity contribution in [2.75, 3.05) is 39.8 Å². The lowest BCUT2D eigenvalue weighted by molar-refractivity contribution is -0.145. The van der Waals surface area contributed by atoms with E-state index >= 15 is 0 Å². The van der Waals surface area contributed by atoms with Crippen molar-refractivity contribution in [3.63, 3.8) is 0 Å². The Bertz CT molecular complexity index is 625. The van der Waals surface area contributed by atoms with Gasteiger partial charge in [-0.1, -0.05) is 18.2 Å². The number of nitrogens with zero attached hydrogens (tertiary/aromatic N) is 2. The van der Waals surface area contributed by atoms with Crippen molar-refractivity contribution in [1.82, 2.24) is 15.1 Å².